The van der Waals surface area contributed by atoms with E-state index in [1.54, 1.807) is 0 Å². The monoisotopic (exact) mass is 279 g/mol. The van der Waals surface area contributed by atoms with Crippen molar-refractivity contribution in [2.45, 2.75) is 18.7 Å². The van der Waals surface area contributed by atoms with E-state index in [2.05, 4.69) is 9.72 Å². The molecule has 0 aliphatic carbocycles. The molecule has 0 spiro atoms. The zero-order chi connectivity index (χ0) is 13.7. The molecule has 18 heavy (non-hydrogen) atoms. The van der Waals surface area contributed by atoms with Crippen LogP contribution >= 0.6 is 11.6 Å². The minimum absolute atomic E-state index is 0.156. The second kappa shape index (κ2) is 6.49. The molecular formula is C11H12ClF2NO3. The summed E-state index contributed by atoms with van der Waals surface area (Å²) in [7, 11) is 2.46. The molecule has 0 unspecified atom stereocenters. The number of nitrogens with zero attached hydrogens (tertiary/aromatic N) is 1. The summed E-state index contributed by atoms with van der Waals surface area (Å²) in [6, 6.07) is 0. The number of aromatic nitrogens is 1. The van der Waals surface area contributed by atoms with Crippen molar-refractivity contribution < 1.29 is 23.0 Å². The first-order valence-electron chi connectivity index (χ1n) is 5.00. The first-order valence-corrected chi connectivity index (χ1v) is 5.54. The lowest BCUT2D eigenvalue weighted by Crippen LogP contribution is -2.10. The van der Waals surface area contributed by atoms with E-state index in [4.69, 9.17) is 16.3 Å². The van der Waals surface area contributed by atoms with Crippen LogP contribution in [0.25, 0.3) is 0 Å². The van der Waals surface area contributed by atoms with Crippen LogP contribution in [0.3, 0.4) is 0 Å². The summed E-state index contributed by atoms with van der Waals surface area (Å²) in [5.74, 6) is -0.895. The molecule has 100 valence electrons. The number of carbonyl (C=O) groups excluding carboxylic acids is 1. The number of alkyl halides is 3. The lowest BCUT2D eigenvalue weighted by atomic mass is 10.0. The topological polar surface area (TPSA) is 48.4 Å². The van der Waals surface area contributed by atoms with Gasteiger partial charge in [-0.05, 0) is 11.1 Å². The molecular weight excluding hydrogens is 268 g/mol. The third kappa shape index (κ3) is 3.07. The fraction of sp³-hybridized carbons (Fsp3) is 0.455. The Kier molecular flexibility index (Phi) is 5.27. The van der Waals surface area contributed by atoms with Gasteiger partial charge in [0, 0.05) is 12.1 Å². The number of esters is 1. The SMILES string of the molecule is COC(=O)Cc1cnc(OC)c(C(F)F)c1CCl. The molecule has 0 saturated carbocycles. The molecule has 0 radical (unpaired) electrons. The molecule has 0 aliphatic rings. The molecule has 0 fully saturated rings. The molecule has 1 aromatic heterocycles. The van der Waals surface area contributed by atoms with E-state index in [0.717, 1.165) is 0 Å². The molecule has 0 atom stereocenters. The van der Waals surface area contributed by atoms with Gasteiger partial charge in [-0.25, -0.2) is 13.8 Å². The smallest absolute Gasteiger partial charge is 0.310 e. The van der Waals surface area contributed by atoms with Crippen molar-refractivity contribution in [2.24, 2.45) is 0 Å². The highest BCUT2D eigenvalue weighted by atomic mass is 35.5. The zero-order valence-corrected chi connectivity index (χ0v) is 10.6. The molecule has 4 nitrogen and oxygen atoms in total. The number of ether oxygens (including phenoxy) is 2. The number of methoxy groups -OCH3 is 2. The maximum atomic E-state index is 13.0. The molecule has 0 bridgehead atoms. The highest BCUT2D eigenvalue weighted by Gasteiger charge is 2.23. The number of pyridine rings is 1. The van der Waals surface area contributed by atoms with Crippen LogP contribution in [0.4, 0.5) is 8.78 Å². The number of hydrogen-bond donors (Lipinski definition) is 0. The fourth-order valence-corrected chi connectivity index (χ4v) is 1.83. The Bertz CT molecular complexity index is 441. The number of carbonyl (C=O) groups is 1. The van der Waals surface area contributed by atoms with E-state index in [0.29, 0.717) is 5.56 Å². The second-order valence-corrected chi connectivity index (χ2v) is 3.64. The first-order chi connectivity index (χ1) is 8.54. The minimum atomic E-state index is -2.78. The van der Waals surface area contributed by atoms with E-state index in [1.165, 1.54) is 20.4 Å². The van der Waals surface area contributed by atoms with E-state index in [9.17, 15) is 13.6 Å². The van der Waals surface area contributed by atoms with Crippen molar-refractivity contribution in [1.82, 2.24) is 4.98 Å². The fourth-order valence-electron chi connectivity index (χ4n) is 1.51. The molecule has 0 aliphatic heterocycles. The average molecular weight is 280 g/mol. The van der Waals surface area contributed by atoms with Gasteiger partial charge >= 0.3 is 5.97 Å². The van der Waals surface area contributed by atoms with Crippen molar-refractivity contribution in [2.75, 3.05) is 14.2 Å². The molecule has 0 amide bonds. The van der Waals surface area contributed by atoms with Gasteiger partial charge in [0.25, 0.3) is 6.43 Å². The van der Waals surface area contributed by atoms with Crippen LogP contribution in [0.2, 0.25) is 0 Å². The van der Waals surface area contributed by atoms with Crippen LogP contribution in [0.5, 0.6) is 5.88 Å². The van der Waals surface area contributed by atoms with Crippen molar-refractivity contribution in [3.63, 3.8) is 0 Å². The quantitative estimate of drug-likeness (QED) is 0.614. The number of rotatable bonds is 5. The highest BCUT2D eigenvalue weighted by Crippen LogP contribution is 2.33. The Morgan fingerprint density at radius 1 is 1.50 bits per heavy atom. The van der Waals surface area contributed by atoms with Crippen LogP contribution in [0, 0.1) is 0 Å². The van der Waals surface area contributed by atoms with E-state index in [1.807, 2.05) is 0 Å². The van der Waals surface area contributed by atoms with Gasteiger partial charge in [0.2, 0.25) is 5.88 Å². The maximum absolute atomic E-state index is 13.0. The zero-order valence-electron chi connectivity index (χ0n) is 9.87. The van der Waals surface area contributed by atoms with Gasteiger partial charge in [0.1, 0.15) is 0 Å². The van der Waals surface area contributed by atoms with Gasteiger partial charge < -0.3 is 9.47 Å². The van der Waals surface area contributed by atoms with Gasteiger partial charge in [0.05, 0.1) is 26.2 Å². The largest absolute Gasteiger partial charge is 0.481 e. The molecule has 0 N–H and O–H groups in total. The molecule has 1 aromatic rings. The number of hydrogen-bond acceptors (Lipinski definition) is 4. The Morgan fingerprint density at radius 2 is 2.17 bits per heavy atom. The first kappa shape index (κ1) is 14.6. The lowest BCUT2D eigenvalue weighted by molar-refractivity contribution is -0.139. The average Bonchev–Trinajstić information content (AvgIpc) is 2.37. The second-order valence-electron chi connectivity index (χ2n) is 3.37. The molecule has 1 heterocycles. The van der Waals surface area contributed by atoms with Crippen molar-refractivity contribution >= 4 is 17.6 Å². The summed E-state index contributed by atoms with van der Waals surface area (Å²) < 4.78 is 35.2. The Balaban J connectivity index is 3.28. The third-order valence-electron chi connectivity index (χ3n) is 2.39. The molecule has 0 saturated heterocycles. The van der Waals surface area contributed by atoms with E-state index in [-0.39, 0.29) is 29.3 Å². The third-order valence-corrected chi connectivity index (χ3v) is 2.66. The van der Waals surface area contributed by atoms with Crippen LogP contribution in [-0.4, -0.2) is 25.2 Å². The van der Waals surface area contributed by atoms with E-state index < -0.39 is 12.4 Å². The summed E-state index contributed by atoms with van der Waals surface area (Å²) in [5.41, 5.74) is 0.0887. The van der Waals surface area contributed by atoms with Crippen LogP contribution in [-0.2, 0) is 21.8 Å². The Hall–Kier alpha value is -1.43. The van der Waals surface area contributed by atoms with Gasteiger partial charge in [0.15, 0.2) is 0 Å². The molecule has 1 rings (SSSR count). The Morgan fingerprint density at radius 3 is 2.61 bits per heavy atom. The summed E-state index contributed by atoms with van der Waals surface area (Å²) in [4.78, 5) is 14.9. The summed E-state index contributed by atoms with van der Waals surface area (Å²) in [6.45, 7) is 0. The standard InChI is InChI=1S/C11H12ClF2NO3/c1-17-8(16)3-6-5-15-11(18-2)9(10(13)14)7(6)4-12/h5,10H,3-4H2,1-2H3. The Labute approximate surface area is 108 Å². The summed E-state index contributed by atoms with van der Waals surface area (Å²) >= 11 is 5.67. The van der Waals surface area contributed by atoms with Gasteiger partial charge in [-0.2, -0.15) is 0 Å². The molecule has 7 heteroatoms. The highest BCUT2D eigenvalue weighted by molar-refractivity contribution is 6.17. The van der Waals surface area contributed by atoms with E-state index >= 15 is 0 Å². The van der Waals surface area contributed by atoms with Crippen LogP contribution < -0.4 is 4.74 Å². The van der Waals surface area contributed by atoms with Gasteiger partial charge in [-0.3, -0.25) is 4.79 Å². The summed E-state index contributed by atoms with van der Waals surface area (Å²) in [5, 5.41) is 0. The predicted octanol–water partition coefficient (Wildman–Crippen LogP) is 2.48. The van der Waals surface area contributed by atoms with Crippen molar-refractivity contribution in [3.05, 3.63) is 22.9 Å². The van der Waals surface area contributed by atoms with Crippen LogP contribution in [0.1, 0.15) is 23.1 Å². The van der Waals surface area contributed by atoms with Gasteiger partial charge in [-0.1, -0.05) is 0 Å². The summed E-state index contributed by atoms with van der Waals surface area (Å²) in [6.07, 6.45) is -1.65. The normalized spacial score (nSPS) is 10.6. The van der Waals surface area contributed by atoms with Crippen molar-refractivity contribution in [1.29, 1.82) is 0 Å². The lowest BCUT2D eigenvalue weighted by Gasteiger charge is -2.14. The number of halogens is 3. The van der Waals surface area contributed by atoms with Crippen LogP contribution in [0.15, 0.2) is 6.20 Å². The van der Waals surface area contributed by atoms with Crippen molar-refractivity contribution in [3.8, 4) is 5.88 Å². The molecule has 0 aromatic carbocycles. The minimum Gasteiger partial charge on any atom is -0.481 e. The predicted molar refractivity (Wildman–Crippen MR) is 61.0 cm³/mol. The maximum Gasteiger partial charge on any atom is 0.310 e. The van der Waals surface area contributed by atoms with Gasteiger partial charge in [-0.15, -0.1) is 11.6 Å².